The molecule has 27 nitrogen and oxygen atoms in total. The first-order chi connectivity index (χ1) is 55.6. The zero-order valence-electron chi connectivity index (χ0n) is 68.1. The lowest BCUT2D eigenvalue weighted by Crippen LogP contribution is -2.54. The SMILES string of the molecule is CNC(=O)[C@@H](N)Cc1ccccc1.CNC(=O)[C@H](Cc1ccccc1)NC(=O)[C@H](CCCN=C(N)NS(=O)(=O)c1c(C)c(C)c2c(c1C)C(C)(C)CO2)NC(=O)OCC1c2ccccc2-c2ccccc21.Cc1c(C)c(S(=O)(=O)NC(N)=NCCC[C@H](NC(=O)OCC2c3ccccc3-c3ccccc32)C(=O)O)c(C)c2c1OCC2(C)C. The molecule has 4 aliphatic rings. The third-order valence-corrected chi connectivity index (χ3v) is 24.9. The topological polar surface area (TPSA) is 415 Å². The summed E-state index contributed by atoms with van der Waals surface area (Å²) in [4.78, 5) is 84.4. The fourth-order valence-corrected chi connectivity index (χ4v) is 18.8. The van der Waals surface area contributed by atoms with E-state index in [-0.39, 0.29) is 109 Å². The van der Waals surface area contributed by atoms with Crippen LogP contribution >= 0.6 is 0 Å². The zero-order chi connectivity index (χ0) is 84.8. The number of carboxylic acids is 1. The van der Waals surface area contributed by atoms with E-state index in [4.69, 9.17) is 36.1 Å². The Morgan fingerprint density at radius 2 is 0.821 bits per heavy atom. The predicted molar refractivity (Wildman–Crippen MR) is 450 cm³/mol. The van der Waals surface area contributed by atoms with Crippen molar-refractivity contribution in [1.82, 2.24) is 36.0 Å². The molecule has 14 N–H and O–H groups in total. The van der Waals surface area contributed by atoms with Crippen LogP contribution in [-0.2, 0) is 72.4 Å². The highest BCUT2D eigenvalue weighted by Crippen LogP contribution is 2.50. The van der Waals surface area contributed by atoms with Gasteiger partial charge in [0.25, 0.3) is 20.0 Å². The second-order valence-electron chi connectivity index (χ2n) is 30.8. The van der Waals surface area contributed by atoms with E-state index >= 15 is 0 Å². The molecule has 2 heterocycles. The average Bonchev–Trinajstić information content (AvgIpc) is 1.66. The van der Waals surface area contributed by atoms with Gasteiger partial charge in [0.2, 0.25) is 29.6 Å². The summed E-state index contributed by atoms with van der Waals surface area (Å²) in [7, 11) is -5.14. The van der Waals surface area contributed by atoms with Crippen molar-refractivity contribution in [1.29, 1.82) is 0 Å². The van der Waals surface area contributed by atoms with Crippen LogP contribution in [0.3, 0.4) is 0 Å². The van der Waals surface area contributed by atoms with E-state index in [0.29, 0.717) is 47.6 Å². The number of hydrogen-bond acceptors (Lipinski definition) is 17. The minimum absolute atomic E-state index is 0.0233. The quantitative estimate of drug-likeness (QED) is 0.0129. The first-order valence-corrected chi connectivity index (χ1v) is 41.8. The number of carbonyl (C=O) groups is 6. The molecular formula is C88H106N12O15S2. The number of carbonyl (C=O) groups excluding carboxylic acids is 5. The molecule has 0 aromatic heterocycles. The molecule has 0 saturated heterocycles. The van der Waals surface area contributed by atoms with E-state index in [0.717, 1.165) is 83.6 Å². The van der Waals surface area contributed by atoms with Crippen molar-refractivity contribution in [2.24, 2.45) is 27.2 Å². The van der Waals surface area contributed by atoms with E-state index < -0.39 is 74.2 Å². The maximum atomic E-state index is 13.9. The second kappa shape index (κ2) is 37.9. The van der Waals surface area contributed by atoms with Crippen molar-refractivity contribution >= 4 is 67.8 Å². The van der Waals surface area contributed by atoms with Crippen molar-refractivity contribution in [3.05, 3.63) is 236 Å². The number of guanidine groups is 2. The summed E-state index contributed by atoms with van der Waals surface area (Å²) >= 11 is 0. The third-order valence-electron chi connectivity index (χ3n) is 21.7. The van der Waals surface area contributed by atoms with Crippen molar-refractivity contribution in [3.8, 4) is 33.8 Å². The van der Waals surface area contributed by atoms with Crippen LogP contribution < -0.4 is 62.7 Å². The molecule has 5 amide bonds. The molecule has 2 aliphatic heterocycles. The number of amides is 5. The molecule has 2 aliphatic carbocycles. The minimum Gasteiger partial charge on any atom is -0.492 e. The smallest absolute Gasteiger partial charge is 0.407 e. The summed E-state index contributed by atoms with van der Waals surface area (Å²) < 4.78 is 82.2. The number of aliphatic carboxylic acids is 1. The van der Waals surface area contributed by atoms with Gasteiger partial charge >= 0.3 is 18.2 Å². The molecule has 117 heavy (non-hydrogen) atoms. The summed E-state index contributed by atoms with van der Waals surface area (Å²) in [5.74, 6) is -1.89. The molecular weight excluding hydrogens is 1530 g/mol. The number of rotatable bonds is 27. The van der Waals surface area contributed by atoms with Gasteiger partial charge < -0.3 is 67.8 Å². The van der Waals surface area contributed by atoms with E-state index in [1.54, 1.807) is 34.7 Å². The van der Waals surface area contributed by atoms with Crippen LogP contribution in [0, 0.1) is 41.5 Å². The normalized spacial score (nSPS) is 15.1. The number of nitrogens with two attached hydrogens (primary N) is 3. The monoisotopic (exact) mass is 1630 g/mol. The molecule has 4 atom stereocenters. The van der Waals surface area contributed by atoms with Gasteiger partial charge in [-0.05, 0) is 163 Å². The number of fused-ring (bicyclic) bond motifs is 8. The molecule has 12 rings (SSSR count). The summed E-state index contributed by atoms with van der Waals surface area (Å²) in [5, 5.41) is 22.7. The molecule has 0 spiro atoms. The number of benzene rings is 8. The van der Waals surface area contributed by atoms with Crippen LogP contribution in [0.4, 0.5) is 9.59 Å². The largest absolute Gasteiger partial charge is 0.492 e. The maximum Gasteiger partial charge on any atom is 0.407 e. The first-order valence-electron chi connectivity index (χ1n) is 38.8. The van der Waals surface area contributed by atoms with Crippen LogP contribution in [0.25, 0.3) is 22.3 Å². The maximum absolute atomic E-state index is 13.9. The predicted octanol–water partition coefficient (Wildman–Crippen LogP) is 9.99. The van der Waals surface area contributed by atoms with Gasteiger partial charge in [0.1, 0.15) is 42.8 Å². The molecule has 0 radical (unpaired) electrons. The van der Waals surface area contributed by atoms with Crippen LogP contribution in [-0.4, -0.2) is 148 Å². The van der Waals surface area contributed by atoms with E-state index in [1.807, 2.05) is 199 Å². The van der Waals surface area contributed by atoms with E-state index in [2.05, 4.69) is 46.0 Å². The lowest BCUT2D eigenvalue weighted by molar-refractivity contribution is -0.139. The molecule has 8 aromatic carbocycles. The highest BCUT2D eigenvalue weighted by Gasteiger charge is 2.42. The van der Waals surface area contributed by atoms with Gasteiger partial charge in [-0.3, -0.25) is 24.4 Å². The second-order valence-corrected chi connectivity index (χ2v) is 34.1. The Bertz CT molecular complexity index is 5240. The van der Waals surface area contributed by atoms with Gasteiger partial charge in [-0.2, -0.15) is 0 Å². The molecule has 0 fully saturated rings. The fourth-order valence-electron chi connectivity index (χ4n) is 15.8. The van der Waals surface area contributed by atoms with Crippen LogP contribution in [0.15, 0.2) is 178 Å². The van der Waals surface area contributed by atoms with Gasteiger partial charge in [-0.25, -0.2) is 40.7 Å². The Morgan fingerprint density at radius 1 is 0.470 bits per heavy atom. The standard InChI is InChI=1S/C44H52N6O7S.C34H40N4O7S.C10H14N2O/c1-26-27(2)39(28(3)37-38(26)57-25-44(37,4)5)58(54,55)50-42(45)47-22-14-21-35(41(52)48-36(40(51)46-6)23-29-15-8-7-9-16-29)49-43(53)56-24-34-32-19-12-10-17-30(32)31-18-11-13-20-33(31)34;1-19-20(2)30(21(3)28-29(19)45-18-34(28,4)5)46(42,43)38-32(35)36-16-10-15-27(31(39)40)37-33(41)44-17-26-24-13-8-6-11-22(24)23-12-7-9-14-25(23)26;1-12-10(13)9(11)7-8-5-3-2-4-6-8/h7-13,15-20,34-36H,14,21-25H2,1-6H3,(H,46,51)(H,48,52)(H,49,53)(H3,45,47,50);6-9,11-14,26-27H,10,15-18H2,1-5H3,(H,37,41)(H,39,40)(H3,35,36,38);2-6,9H,7,11H2,1H3,(H,12,13)/t35-,36-;27-;9-/m000/s1. The average molecular weight is 1640 g/mol. The fraction of sp³-hybridized carbons (Fsp3) is 0.364. The number of likely N-dealkylation sites (N-methyl/N-ethyl adjacent to an activating group) is 2. The Hall–Kier alpha value is -11.8. The number of ether oxygens (including phenoxy) is 4. The molecule has 0 bridgehead atoms. The van der Waals surface area contributed by atoms with Gasteiger partial charge in [0, 0.05) is 67.4 Å². The van der Waals surface area contributed by atoms with E-state index in [1.165, 1.54) is 7.05 Å². The Morgan fingerprint density at radius 3 is 1.20 bits per heavy atom. The summed E-state index contributed by atoms with van der Waals surface area (Å²) in [6.45, 7) is 19.8. The summed E-state index contributed by atoms with van der Waals surface area (Å²) in [6, 6.07) is 47.0. The highest BCUT2D eigenvalue weighted by atomic mass is 32.2. The van der Waals surface area contributed by atoms with Gasteiger partial charge in [0.05, 0.1) is 29.0 Å². The Kier molecular flexibility index (Phi) is 28.3. The minimum atomic E-state index is -4.14. The van der Waals surface area contributed by atoms with Gasteiger partial charge in [0.15, 0.2) is 0 Å². The van der Waals surface area contributed by atoms with Gasteiger partial charge in [-0.1, -0.05) is 185 Å². The Balaban J connectivity index is 0.000000217. The highest BCUT2D eigenvalue weighted by molar-refractivity contribution is 7.90. The molecule has 8 aromatic rings. The number of carboxylic acid groups (broad SMARTS) is 1. The number of aliphatic imine (C=N–C) groups is 2. The van der Waals surface area contributed by atoms with Crippen molar-refractivity contribution < 1.29 is 69.7 Å². The zero-order valence-corrected chi connectivity index (χ0v) is 69.7. The van der Waals surface area contributed by atoms with Crippen molar-refractivity contribution in [2.75, 3.05) is 53.6 Å². The molecule has 29 heteroatoms. The first kappa shape index (κ1) is 87.6. The van der Waals surface area contributed by atoms with E-state index in [9.17, 15) is 50.7 Å². The van der Waals surface area contributed by atoms with Crippen LogP contribution in [0.5, 0.6) is 11.5 Å². The lowest BCUT2D eigenvalue weighted by atomic mass is 9.82. The van der Waals surface area contributed by atoms with Crippen molar-refractivity contribution in [3.63, 3.8) is 0 Å². The van der Waals surface area contributed by atoms with Crippen LogP contribution in [0.1, 0.15) is 143 Å². The number of nitrogens with zero attached hydrogens (tertiary/aromatic N) is 2. The number of hydrogen-bond donors (Lipinski definition) is 11. The summed E-state index contributed by atoms with van der Waals surface area (Å²) in [5.41, 5.74) is 33.0. The lowest BCUT2D eigenvalue weighted by Gasteiger charge is -2.23. The van der Waals surface area contributed by atoms with Crippen LogP contribution in [0.2, 0.25) is 0 Å². The van der Waals surface area contributed by atoms with Gasteiger partial charge in [-0.15, -0.1) is 0 Å². The number of sulfonamides is 2. The molecule has 0 saturated carbocycles. The summed E-state index contributed by atoms with van der Waals surface area (Å²) in [6.07, 6.45) is -0.309. The number of alkyl carbamates (subject to hydrolysis) is 2. The third kappa shape index (κ3) is 20.5. The Labute approximate surface area is 684 Å². The number of nitrogens with one attached hydrogen (secondary N) is 7. The molecule has 0 unspecified atom stereocenters. The molecule has 620 valence electrons. The van der Waals surface area contributed by atoms with Crippen molar-refractivity contribution in [2.45, 2.75) is 164 Å².